The Kier molecular flexibility index (Phi) is 8.26. The fraction of sp³-hybridized carbons (Fsp3) is 0.667. The maximum atomic E-state index is 12.9. The van der Waals surface area contributed by atoms with E-state index >= 15 is 0 Å². The van der Waals surface area contributed by atoms with Crippen molar-refractivity contribution in [3.8, 4) is 0 Å². The third-order valence-corrected chi connectivity index (χ3v) is 6.36. The Hall–Kier alpha value is -0.970. The van der Waals surface area contributed by atoms with Gasteiger partial charge in [0, 0.05) is 30.9 Å². The summed E-state index contributed by atoms with van der Waals surface area (Å²) in [6.07, 6.45) is 8.38. The third-order valence-electron chi connectivity index (χ3n) is 6.36. The van der Waals surface area contributed by atoms with E-state index in [9.17, 15) is 4.79 Å². The van der Waals surface area contributed by atoms with Crippen molar-refractivity contribution in [3.05, 3.63) is 29.8 Å². The number of anilines is 1. The van der Waals surface area contributed by atoms with Crippen LogP contribution >= 0.6 is 24.8 Å². The number of likely N-dealkylation sites (tertiary alicyclic amines) is 1. The summed E-state index contributed by atoms with van der Waals surface area (Å²) in [5.41, 5.74) is 2.48. The molecule has 0 aromatic heterocycles. The molecule has 6 heteroatoms. The summed E-state index contributed by atoms with van der Waals surface area (Å²) >= 11 is 0. The highest BCUT2D eigenvalue weighted by Crippen LogP contribution is 2.34. The zero-order valence-electron chi connectivity index (χ0n) is 16.2. The Morgan fingerprint density at radius 2 is 1.85 bits per heavy atom. The number of piperidine rings is 1. The topological polar surface area (TPSA) is 44.4 Å². The van der Waals surface area contributed by atoms with E-state index in [2.05, 4.69) is 46.7 Å². The van der Waals surface area contributed by atoms with Crippen LogP contribution in [-0.2, 0) is 4.79 Å². The van der Waals surface area contributed by atoms with Gasteiger partial charge < -0.3 is 15.5 Å². The Labute approximate surface area is 175 Å². The van der Waals surface area contributed by atoms with Gasteiger partial charge in [-0.05, 0) is 62.6 Å². The van der Waals surface area contributed by atoms with E-state index in [-0.39, 0.29) is 30.9 Å². The summed E-state index contributed by atoms with van der Waals surface area (Å²) in [5.74, 6) is 1.09. The number of fused-ring (bicyclic) bond motifs is 1. The van der Waals surface area contributed by atoms with Gasteiger partial charge in [-0.15, -0.1) is 24.8 Å². The summed E-state index contributed by atoms with van der Waals surface area (Å²) in [6.45, 7) is 3.89. The minimum Gasteiger partial charge on any atom is -0.382 e. The number of rotatable bonds is 3. The molecule has 2 N–H and O–H groups in total. The number of benzene rings is 1. The molecule has 3 atom stereocenters. The van der Waals surface area contributed by atoms with Gasteiger partial charge >= 0.3 is 0 Å². The molecule has 4 rings (SSSR count). The van der Waals surface area contributed by atoms with Crippen molar-refractivity contribution in [2.24, 2.45) is 5.92 Å². The molecule has 3 fully saturated rings. The maximum absolute atomic E-state index is 12.9. The minimum absolute atomic E-state index is 0. The van der Waals surface area contributed by atoms with Crippen molar-refractivity contribution < 1.29 is 4.79 Å². The van der Waals surface area contributed by atoms with Gasteiger partial charge in [0.25, 0.3) is 0 Å². The highest BCUT2D eigenvalue weighted by Gasteiger charge is 2.40. The number of halogens is 2. The van der Waals surface area contributed by atoms with Gasteiger partial charge in [0.1, 0.15) is 0 Å². The molecule has 0 spiro atoms. The molecule has 1 aromatic carbocycles. The lowest BCUT2D eigenvalue weighted by atomic mass is 9.85. The van der Waals surface area contributed by atoms with Crippen molar-refractivity contribution in [3.63, 3.8) is 0 Å². The summed E-state index contributed by atoms with van der Waals surface area (Å²) in [4.78, 5) is 15.0. The van der Waals surface area contributed by atoms with E-state index in [0.29, 0.717) is 18.0 Å². The van der Waals surface area contributed by atoms with Crippen molar-refractivity contribution in [1.82, 2.24) is 10.2 Å². The van der Waals surface area contributed by atoms with E-state index in [0.717, 1.165) is 38.3 Å². The molecule has 1 aliphatic carbocycles. The number of hydrogen-bond acceptors (Lipinski definition) is 3. The van der Waals surface area contributed by atoms with Crippen LogP contribution in [0.2, 0.25) is 0 Å². The minimum atomic E-state index is 0. The molecule has 1 aromatic rings. The van der Waals surface area contributed by atoms with E-state index in [1.807, 2.05) is 0 Å². The Bertz CT molecular complexity index is 605. The van der Waals surface area contributed by atoms with Gasteiger partial charge in [-0.25, -0.2) is 0 Å². The smallest absolute Gasteiger partial charge is 0.239 e. The second kappa shape index (κ2) is 9.99. The predicted molar refractivity (Wildman–Crippen MR) is 116 cm³/mol. The summed E-state index contributed by atoms with van der Waals surface area (Å²) in [5, 5.41) is 7.28. The number of hydrogen-bond donors (Lipinski definition) is 2. The third kappa shape index (κ3) is 5.30. The molecule has 2 saturated heterocycles. The van der Waals surface area contributed by atoms with Crippen LogP contribution in [0.25, 0.3) is 0 Å². The first-order chi connectivity index (χ1) is 12.2. The number of amides is 1. The predicted octanol–water partition coefficient (Wildman–Crippen LogP) is 4.16. The Morgan fingerprint density at radius 1 is 1.11 bits per heavy atom. The average Bonchev–Trinajstić information content (AvgIpc) is 3.06. The molecule has 1 saturated carbocycles. The van der Waals surface area contributed by atoms with E-state index < -0.39 is 0 Å². The van der Waals surface area contributed by atoms with Crippen LogP contribution in [0.5, 0.6) is 0 Å². The van der Waals surface area contributed by atoms with Gasteiger partial charge in [0.15, 0.2) is 0 Å². The van der Waals surface area contributed by atoms with Gasteiger partial charge in [-0.2, -0.15) is 0 Å². The monoisotopic (exact) mass is 413 g/mol. The molecule has 27 heavy (non-hydrogen) atoms. The zero-order valence-corrected chi connectivity index (χ0v) is 17.8. The van der Waals surface area contributed by atoms with Crippen LogP contribution in [0.1, 0.15) is 50.5 Å². The Balaban J connectivity index is 0.00000131. The normalized spacial score (nSPS) is 27.9. The van der Waals surface area contributed by atoms with Crippen molar-refractivity contribution in [1.29, 1.82) is 0 Å². The molecule has 2 heterocycles. The van der Waals surface area contributed by atoms with Gasteiger partial charge in [-0.3, -0.25) is 4.79 Å². The fourth-order valence-corrected chi connectivity index (χ4v) is 4.95. The lowest BCUT2D eigenvalue weighted by molar-refractivity contribution is -0.134. The van der Waals surface area contributed by atoms with Crippen LogP contribution in [0, 0.1) is 12.8 Å². The lowest BCUT2D eigenvalue weighted by Gasteiger charge is -2.34. The molecule has 1 amide bonds. The van der Waals surface area contributed by atoms with Gasteiger partial charge in [0.05, 0.1) is 6.04 Å². The van der Waals surface area contributed by atoms with Gasteiger partial charge in [0.2, 0.25) is 5.91 Å². The second-order valence-corrected chi connectivity index (χ2v) is 8.22. The summed E-state index contributed by atoms with van der Waals surface area (Å²) < 4.78 is 0. The first kappa shape index (κ1) is 22.3. The highest BCUT2D eigenvalue weighted by atomic mass is 35.5. The van der Waals surface area contributed by atoms with E-state index in [4.69, 9.17) is 0 Å². The molecule has 0 radical (unpaired) electrons. The second-order valence-electron chi connectivity index (χ2n) is 8.22. The zero-order chi connectivity index (χ0) is 17.2. The van der Waals surface area contributed by atoms with Gasteiger partial charge in [-0.1, -0.05) is 25.0 Å². The molecule has 4 nitrogen and oxygen atoms in total. The number of carbonyl (C=O) groups is 1. The molecular formula is C21H33Cl2N3O. The van der Waals surface area contributed by atoms with Crippen molar-refractivity contribution >= 4 is 36.4 Å². The SMILES string of the molecule is Cc1cccc(NC2CCN(C(=O)C3CC4CCCCC4N3)CC2)c1.Cl.Cl. The first-order valence-electron chi connectivity index (χ1n) is 10.1. The maximum Gasteiger partial charge on any atom is 0.239 e. The molecule has 3 aliphatic rings. The van der Waals surface area contributed by atoms with Crippen LogP contribution in [0.3, 0.4) is 0 Å². The average molecular weight is 414 g/mol. The number of nitrogens with zero attached hydrogens (tertiary/aromatic N) is 1. The number of aryl methyl sites for hydroxylation is 1. The molecule has 0 bridgehead atoms. The quantitative estimate of drug-likeness (QED) is 0.781. The van der Waals surface area contributed by atoms with Crippen LogP contribution in [-0.4, -0.2) is 42.0 Å². The van der Waals surface area contributed by atoms with Crippen LogP contribution in [0.15, 0.2) is 24.3 Å². The van der Waals surface area contributed by atoms with E-state index in [1.54, 1.807) is 0 Å². The number of nitrogens with one attached hydrogen (secondary N) is 2. The standard InChI is InChI=1S/C21H31N3O.2ClH/c1-15-5-4-7-18(13-15)22-17-9-11-24(12-10-17)21(25)20-14-16-6-2-3-8-19(16)23-20;;/h4-5,7,13,16-17,19-20,22-23H,2-3,6,8-12,14H2,1H3;2*1H. The summed E-state index contributed by atoms with van der Waals surface area (Å²) in [6, 6.07) is 9.71. The Morgan fingerprint density at radius 3 is 2.56 bits per heavy atom. The molecular weight excluding hydrogens is 381 g/mol. The van der Waals surface area contributed by atoms with Crippen molar-refractivity contribution in [2.45, 2.75) is 70.0 Å². The van der Waals surface area contributed by atoms with Crippen molar-refractivity contribution in [2.75, 3.05) is 18.4 Å². The van der Waals surface area contributed by atoms with Crippen LogP contribution in [0.4, 0.5) is 5.69 Å². The summed E-state index contributed by atoms with van der Waals surface area (Å²) in [7, 11) is 0. The number of carbonyl (C=O) groups excluding carboxylic acids is 1. The molecule has 2 aliphatic heterocycles. The molecule has 152 valence electrons. The largest absolute Gasteiger partial charge is 0.382 e. The first-order valence-corrected chi connectivity index (χ1v) is 10.1. The van der Waals surface area contributed by atoms with Crippen LogP contribution < -0.4 is 10.6 Å². The highest BCUT2D eigenvalue weighted by molar-refractivity contribution is 5.85. The fourth-order valence-electron chi connectivity index (χ4n) is 4.95. The molecule has 3 unspecified atom stereocenters. The van der Waals surface area contributed by atoms with E-state index in [1.165, 1.54) is 36.9 Å². The lowest BCUT2D eigenvalue weighted by Crippen LogP contribution is -2.49.